The van der Waals surface area contributed by atoms with Crippen LogP contribution in [0, 0.1) is 11.3 Å². The Morgan fingerprint density at radius 2 is 1.90 bits per heavy atom. The maximum absolute atomic E-state index is 13.8. The summed E-state index contributed by atoms with van der Waals surface area (Å²) in [6, 6.07) is 9.27. The van der Waals surface area contributed by atoms with Crippen LogP contribution in [0.5, 0.6) is 0 Å². The highest BCUT2D eigenvalue weighted by Crippen LogP contribution is 2.46. The molecular formula is C29H25F3N6O3. The van der Waals surface area contributed by atoms with Crippen LogP contribution in [0.2, 0.25) is 0 Å². The maximum atomic E-state index is 13.8. The van der Waals surface area contributed by atoms with Crippen LogP contribution < -0.4 is 4.90 Å². The van der Waals surface area contributed by atoms with Gasteiger partial charge in [0.1, 0.15) is 0 Å². The van der Waals surface area contributed by atoms with Crippen molar-refractivity contribution in [3.05, 3.63) is 93.9 Å². The van der Waals surface area contributed by atoms with Crippen LogP contribution in [-0.2, 0) is 24.6 Å². The van der Waals surface area contributed by atoms with Crippen molar-refractivity contribution < 1.29 is 27.6 Å². The van der Waals surface area contributed by atoms with Gasteiger partial charge in [-0.3, -0.25) is 19.2 Å². The number of hydrogen-bond acceptors (Lipinski definition) is 5. The quantitative estimate of drug-likeness (QED) is 0.444. The monoisotopic (exact) mass is 562 g/mol. The fraction of sp³-hybridized carbons (Fsp3) is 0.276. The molecule has 1 aliphatic heterocycles. The molecule has 1 aliphatic carbocycles. The second kappa shape index (κ2) is 10.2. The molecule has 0 fully saturated rings. The number of nitriles is 1. The van der Waals surface area contributed by atoms with Gasteiger partial charge in [-0.1, -0.05) is 12.1 Å². The third-order valence-electron chi connectivity index (χ3n) is 7.29. The number of benzene rings is 2. The number of allylic oxidation sites excluding steroid dienone is 1. The number of rotatable bonds is 5. The lowest BCUT2D eigenvalue weighted by atomic mass is 9.88. The normalized spacial score (nSPS) is 17.1. The minimum Gasteiger partial charge on any atom is -0.337 e. The molecule has 0 saturated carbocycles. The summed E-state index contributed by atoms with van der Waals surface area (Å²) < 4.78 is 42.0. The number of halogens is 3. The number of amides is 3. The second-order valence-electron chi connectivity index (χ2n) is 10.1. The molecule has 210 valence electrons. The van der Waals surface area contributed by atoms with E-state index in [1.807, 2.05) is 6.07 Å². The van der Waals surface area contributed by atoms with Gasteiger partial charge in [-0.25, -0.2) is 4.79 Å². The lowest BCUT2D eigenvalue weighted by Gasteiger charge is -2.41. The molecule has 0 saturated heterocycles. The summed E-state index contributed by atoms with van der Waals surface area (Å²) in [5, 5.41) is 13.7. The van der Waals surface area contributed by atoms with Crippen molar-refractivity contribution in [3.8, 4) is 6.07 Å². The third kappa shape index (κ3) is 4.95. The molecule has 2 aliphatic rings. The minimum absolute atomic E-state index is 0.00958. The lowest BCUT2D eigenvalue weighted by Crippen LogP contribution is -2.48. The Morgan fingerprint density at radius 1 is 1.15 bits per heavy atom. The van der Waals surface area contributed by atoms with Crippen LogP contribution in [0.1, 0.15) is 51.5 Å². The van der Waals surface area contributed by atoms with Crippen molar-refractivity contribution in [1.29, 1.82) is 5.26 Å². The number of urea groups is 1. The maximum Gasteiger partial charge on any atom is 0.416 e. The van der Waals surface area contributed by atoms with E-state index in [9.17, 15) is 32.8 Å². The van der Waals surface area contributed by atoms with Crippen LogP contribution in [0.15, 0.2) is 66.1 Å². The molecule has 9 nitrogen and oxygen atoms in total. The van der Waals surface area contributed by atoms with E-state index in [0.717, 1.165) is 22.6 Å². The van der Waals surface area contributed by atoms with Gasteiger partial charge in [0.2, 0.25) is 0 Å². The molecule has 0 N–H and O–H groups in total. The summed E-state index contributed by atoms with van der Waals surface area (Å²) in [4.78, 5) is 44.6. The summed E-state index contributed by atoms with van der Waals surface area (Å²) >= 11 is 0. The first kappa shape index (κ1) is 27.6. The molecule has 12 heteroatoms. The van der Waals surface area contributed by atoms with Gasteiger partial charge < -0.3 is 9.80 Å². The Kier molecular flexibility index (Phi) is 6.90. The molecule has 1 aromatic heterocycles. The first-order valence-corrected chi connectivity index (χ1v) is 12.7. The Labute approximate surface area is 233 Å². The first-order valence-electron chi connectivity index (χ1n) is 12.7. The van der Waals surface area contributed by atoms with E-state index in [4.69, 9.17) is 0 Å². The molecule has 3 amide bonds. The third-order valence-corrected chi connectivity index (χ3v) is 7.29. The van der Waals surface area contributed by atoms with Gasteiger partial charge in [0.05, 0.1) is 35.1 Å². The van der Waals surface area contributed by atoms with Gasteiger partial charge in [0.25, 0.3) is 5.91 Å². The molecule has 0 spiro atoms. The van der Waals surface area contributed by atoms with Crippen LogP contribution in [0.4, 0.5) is 23.7 Å². The number of Topliss-reactive ketones (excluding diaryl/α,β-unsaturated/α-hetero) is 1. The molecule has 2 heterocycles. The summed E-state index contributed by atoms with van der Waals surface area (Å²) in [6.45, 7) is 0.221. The molecule has 41 heavy (non-hydrogen) atoms. The number of alkyl halides is 3. The van der Waals surface area contributed by atoms with Crippen LogP contribution in [0.3, 0.4) is 0 Å². The van der Waals surface area contributed by atoms with Crippen molar-refractivity contribution in [2.24, 2.45) is 7.05 Å². The highest BCUT2D eigenvalue weighted by Gasteiger charge is 2.46. The first-order chi connectivity index (χ1) is 19.4. The Hall–Kier alpha value is -4.92. The molecule has 0 bridgehead atoms. The van der Waals surface area contributed by atoms with E-state index < -0.39 is 29.7 Å². The van der Waals surface area contributed by atoms with Crippen molar-refractivity contribution >= 4 is 23.4 Å². The SMILES string of the molecule is CN(Cc1cnn(C)c1)C(=O)c1cc(C#N)ccc1C1C2=C(CCC2=O)N(c2cccc(C(F)(F)F)c2)C(=O)N1C. The van der Waals surface area contributed by atoms with Crippen molar-refractivity contribution in [1.82, 2.24) is 19.6 Å². The summed E-state index contributed by atoms with van der Waals surface area (Å²) in [7, 11) is 4.78. The van der Waals surface area contributed by atoms with E-state index in [-0.39, 0.29) is 47.6 Å². The fourth-order valence-corrected chi connectivity index (χ4v) is 5.39. The molecular weight excluding hydrogens is 537 g/mol. The van der Waals surface area contributed by atoms with Gasteiger partial charge in [0.15, 0.2) is 5.78 Å². The average Bonchev–Trinajstić information content (AvgIpc) is 3.53. The zero-order valence-corrected chi connectivity index (χ0v) is 22.4. The number of anilines is 1. The molecule has 1 atom stereocenters. The Balaban J connectivity index is 1.61. The van der Waals surface area contributed by atoms with E-state index in [1.165, 1.54) is 41.1 Å². The topological polar surface area (TPSA) is 103 Å². The molecule has 0 radical (unpaired) electrons. The largest absolute Gasteiger partial charge is 0.416 e. The molecule has 5 rings (SSSR count). The van der Waals surface area contributed by atoms with E-state index >= 15 is 0 Å². The number of aromatic nitrogens is 2. The number of carbonyl (C=O) groups is 3. The predicted octanol–water partition coefficient (Wildman–Crippen LogP) is 4.81. The zero-order valence-electron chi connectivity index (χ0n) is 22.4. The summed E-state index contributed by atoms with van der Waals surface area (Å²) in [5.41, 5.74) is 1.08. The molecule has 1 unspecified atom stereocenters. The molecule has 3 aromatic rings. The average molecular weight is 563 g/mol. The van der Waals surface area contributed by atoms with Crippen LogP contribution in [0.25, 0.3) is 0 Å². The van der Waals surface area contributed by atoms with Crippen LogP contribution >= 0.6 is 0 Å². The van der Waals surface area contributed by atoms with E-state index in [0.29, 0.717) is 11.3 Å². The fourth-order valence-electron chi connectivity index (χ4n) is 5.39. The Bertz CT molecular complexity index is 1650. The number of aryl methyl sites for hydroxylation is 1. The highest BCUT2D eigenvalue weighted by atomic mass is 19.4. The van der Waals surface area contributed by atoms with Crippen molar-refractivity contribution in [3.63, 3.8) is 0 Å². The number of nitrogens with zero attached hydrogens (tertiary/aromatic N) is 6. The van der Waals surface area contributed by atoms with Gasteiger partial charge >= 0.3 is 12.2 Å². The van der Waals surface area contributed by atoms with Gasteiger partial charge in [-0.15, -0.1) is 0 Å². The van der Waals surface area contributed by atoms with Crippen molar-refractivity contribution in [2.45, 2.75) is 31.6 Å². The standard InChI is InChI=1S/C29H25F3N6O3/c1-35(15-18-14-34-36(2)16-18)27(40)22-11-17(13-33)7-8-21(22)26-25-23(9-10-24(25)39)38(28(41)37(26)3)20-6-4-5-19(12-20)29(30,31)32/h4-8,11-12,14,16,26H,9-10,15H2,1-3H3. The number of ketones is 1. The van der Waals surface area contributed by atoms with E-state index in [1.54, 1.807) is 37.2 Å². The van der Waals surface area contributed by atoms with Gasteiger partial charge in [-0.05, 0) is 42.3 Å². The van der Waals surface area contributed by atoms with Crippen LogP contribution in [-0.4, -0.2) is 51.4 Å². The lowest BCUT2D eigenvalue weighted by molar-refractivity contribution is -0.137. The highest BCUT2D eigenvalue weighted by molar-refractivity contribution is 6.09. The van der Waals surface area contributed by atoms with E-state index in [2.05, 4.69) is 5.10 Å². The smallest absolute Gasteiger partial charge is 0.337 e. The minimum atomic E-state index is -4.62. The molecule has 2 aromatic carbocycles. The Morgan fingerprint density at radius 3 is 2.56 bits per heavy atom. The number of hydrogen-bond donors (Lipinski definition) is 0. The van der Waals surface area contributed by atoms with Crippen molar-refractivity contribution in [2.75, 3.05) is 19.0 Å². The zero-order chi connectivity index (χ0) is 29.6. The predicted molar refractivity (Wildman–Crippen MR) is 141 cm³/mol. The second-order valence-corrected chi connectivity index (χ2v) is 10.1. The summed E-state index contributed by atoms with van der Waals surface area (Å²) in [6.07, 6.45) is -1.01. The van der Waals surface area contributed by atoms with Gasteiger partial charge in [-0.2, -0.15) is 23.5 Å². The number of carbonyl (C=O) groups excluding carboxylic acids is 3. The van der Waals surface area contributed by atoms with Gasteiger partial charge in [0, 0.05) is 62.7 Å². The number of likely N-dealkylation sites (N-methyl/N-ethyl adjacent to an activating group) is 1. The summed E-state index contributed by atoms with van der Waals surface area (Å²) in [5.74, 6) is -0.706.